The Morgan fingerprint density at radius 3 is 2.57 bits per heavy atom. The van der Waals surface area contributed by atoms with E-state index in [4.69, 9.17) is 11.6 Å². The normalized spacial score (nSPS) is 11.4. The highest BCUT2D eigenvalue weighted by Gasteiger charge is 2.17. The first kappa shape index (κ1) is 15.8. The number of benzene rings is 2. The number of hydrogen-bond donors (Lipinski definition) is 2. The topological polar surface area (TPSA) is 66.4 Å². The first-order chi connectivity index (χ1) is 9.85. The summed E-state index contributed by atoms with van der Waals surface area (Å²) in [6, 6.07) is 9.67. The van der Waals surface area contributed by atoms with E-state index < -0.39 is 10.0 Å². The van der Waals surface area contributed by atoms with Crippen LogP contribution in [0.15, 0.2) is 41.3 Å². The Kier molecular flexibility index (Phi) is 4.56. The molecule has 0 fully saturated rings. The first-order valence-corrected chi connectivity index (χ1v) is 8.19. The van der Waals surface area contributed by atoms with Crippen LogP contribution >= 0.6 is 11.6 Å². The molecular weight excluding hydrogens is 310 g/mol. The van der Waals surface area contributed by atoms with E-state index in [-0.39, 0.29) is 11.5 Å². The van der Waals surface area contributed by atoms with Gasteiger partial charge in [-0.25, -0.2) is 8.42 Å². The lowest BCUT2D eigenvalue weighted by atomic mass is 10.1. The van der Waals surface area contributed by atoms with Crippen LogP contribution in [0.25, 0.3) is 0 Å². The Labute approximate surface area is 129 Å². The van der Waals surface area contributed by atoms with Crippen molar-refractivity contribution in [3.8, 4) is 0 Å². The van der Waals surface area contributed by atoms with Crippen LogP contribution in [-0.4, -0.2) is 13.5 Å². The molecule has 0 aliphatic heterocycles. The van der Waals surface area contributed by atoms with E-state index in [2.05, 4.69) is 4.72 Å². The Bertz CT molecular complexity index is 772. The summed E-state index contributed by atoms with van der Waals surface area (Å²) < 4.78 is 27.4. The number of aryl methyl sites for hydroxylation is 1. The Balaban J connectivity index is 2.41. The van der Waals surface area contributed by atoms with E-state index in [1.54, 1.807) is 12.1 Å². The number of halogens is 1. The fourth-order valence-electron chi connectivity index (χ4n) is 1.90. The zero-order valence-corrected chi connectivity index (χ0v) is 13.3. The minimum Gasteiger partial charge on any atom is -0.392 e. The van der Waals surface area contributed by atoms with Crippen molar-refractivity contribution in [1.29, 1.82) is 0 Å². The van der Waals surface area contributed by atoms with Crippen molar-refractivity contribution >= 4 is 27.3 Å². The highest BCUT2D eigenvalue weighted by Crippen LogP contribution is 2.24. The fourth-order valence-corrected chi connectivity index (χ4v) is 3.26. The van der Waals surface area contributed by atoms with Gasteiger partial charge in [-0.15, -0.1) is 0 Å². The molecule has 0 radical (unpaired) electrons. The van der Waals surface area contributed by atoms with Gasteiger partial charge in [0.1, 0.15) is 0 Å². The van der Waals surface area contributed by atoms with Gasteiger partial charge in [0.25, 0.3) is 10.0 Å². The summed E-state index contributed by atoms with van der Waals surface area (Å²) in [4.78, 5) is 0.0665. The number of nitrogens with one attached hydrogen (secondary N) is 1. The van der Waals surface area contributed by atoms with E-state index in [0.717, 1.165) is 11.1 Å². The zero-order chi connectivity index (χ0) is 15.6. The number of rotatable bonds is 4. The van der Waals surface area contributed by atoms with E-state index in [9.17, 15) is 13.5 Å². The van der Waals surface area contributed by atoms with E-state index >= 15 is 0 Å². The maximum atomic E-state index is 12.4. The Morgan fingerprint density at radius 2 is 1.90 bits per heavy atom. The highest BCUT2D eigenvalue weighted by atomic mass is 35.5. The van der Waals surface area contributed by atoms with Gasteiger partial charge in [0, 0.05) is 5.02 Å². The van der Waals surface area contributed by atoms with Gasteiger partial charge in [0.05, 0.1) is 17.2 Å². The molecule has 2 rings (SSSR count). The van der Waals surface area contributed by atoms with Crippen LogP contribution in [0.4, 0.5) is 5.69 Å². The molecule has 0 unspecified atom stereocenters. The quantitative estimate of drug-likeness (QED) is 0.906. The van der Waals surface area contributed by atoms with E-state index in [0.29, 0.717) is 16.3 Å². The van der Waals surface area contributed by atoms with E-state index in [1.807, 2.05) is 19.9 Å². The molecule has 2 aromatic rings. The second-order valence-electron chi connectivity index (χ2n) is 4.76. The molecule has 0 aliphatic rings. The third-order valence-electron chi connectivity index (χ3n) is 3.35. The summed E-state index contributed by atoms with van der Waals surface area (Å²) in [5, 5.41) is 9.52. The van der Waals surface area contributed by atoms with Gasteiger partial charge in [-0.05, 0) is 54.8 Å². The molecule has 0 aromatic heterocycles. The largest absolute Gasteiger partial charge is 0.392 e. The average molecular weight is 326 g/mol. The average Bonchev–Trinajstić information content (AvgIpc) is 2.44. The van der Waals surface area contributed by atoms with Gasteiger partial charge in [0.15, 0.2) is 0 Å². The van der Waals surface area contributed by atoms with Crippen molar-refractivity contribution in [3.63, 3.8) is 0 Å². The molecule has 0 atom stereocenters. The molecule has 0 spiro atoms. The Morgan fingerprint density at radius 1 is 1.19 bits per heavy atom. The van der Waals surface area contributed by atoms with Crippen LogP contribution in [0.2, 0.25) is 5.02 Å². The van der Waals surface area contributed by atoms with Crippen LogP contribution in [-0.2, 0) is 16.6 Å². The molecule has 6 heteroatoms. The highest BCUT2D eigenvalue weighted by molar-refractivity contribution is 7.92. The minimum absolute atomic E-state index is 0.0665. The maximum Gasteiger partial charge on any atom is 0.261 e. The molecule has 0 amide bonds. The second kappa shape index (κ2) is 6.05. The second-order valence-corrected chi connectivity index (χ2v) is 6.85. The Hall–Kier alpha value is -1.56. The van der Waals surface area contributed by atoms with Gasteiger partial charge < -0.3 is 5.11 Å². The fraction of sp³-hybridized carbons (Fsp3) is 0.200. The number of aliphatic hydroxyl groups is 1. The molecule has 0 saturated carbocycles. The lowest BCUT2D eigenvalue weighted by Crippen LogP contribution is -2.14. The molecule has 0 bridgehead atoms. The molecule has 21 heavy (non-hydrogen) atoms. The molecule has 0 saturated heterocycles. The van der Waals surface area contributed by atoms with Crippen molar-refractivity contribution in [2.24, 2.45) is 0 Å². The minimum atomic E-state index is -3.72. The summed E-state index contributed by atoms with van der Waals surface area (Å²) in [6.45, 7) is 3.46. The van der Waals surface area contributed by atoms with Crippen molar-refractivity contribution < 1.29 is 13.5 Å². The zero-order valence-electron chi connectivity index (χ0n) is 11.7. The molecular formula is C15H16ClNO3S. The molecule has 112 valence electrons. The van der Waals surface area contributed by atoms with Crippen molar-refractivity contribution in [2.75, 3.05) is 4.72 Å². The van der Waals surface area contributed by atoms with Crippen LogP contribution in [0.1, 0.15) is 16.7 Å². The van der Waals surface area contributed by atoms with Crippen LogP contribution < -0.4 is 4.72 Å². The van der Waals surface area contributed by atoms with Crippen LogP contribution in [0, 0.1) is 13.8 Å². The molecule has 2 N–H and O–H groups in total. The van der Waals surface area contributed by atoms with Crippen molar-refractivity contribution in [3.05, 3.63) is 58.1 Å². The number of anilines is 1. The number of hydrogen-bond acceptors (Lipinski definition) is 3. The number of aliphatic hydroxyl groups excluding tert-OH is 1. The molecule has 0 aliphatic carbocycles. The summed E-state index contributed by atoms with van der Waals surface area (Å²) >= 11 is 5.88. The summed E-state index contributed by atoms with van der Waals surface area (Å²) in [5.41, 5.74) is 2.79. The van der Waals surface area contributed by atoms with E-state index in [1.165, 1.54) is 18.2 Å². The SMILES string of the molecule is Cc1cccc(NS(=O)(=O)c2ccc(Cl)c(CO)c2)c1C. The lowest BCUT2D eigenvalue weighted by molar-refractivity contribution is 0.281. The van der Waals surface area contributed by atoms with Crippen LogP contribution in [0.5, 0.6) is 0 Å². The summed E-state index contributed by atoms with van der Waals surface area (Å²) in [5.74, 6) is 0. The van der Waals surface area contributed by atoms with Crippen LogP contribution in [0.3, 0.4) is 0 Å². The summed E-state index contributed by atoms with van der Waals surface area (Å²) in [7, 11) is -3.72. The number of sulfonamides is 1. The van der Waals surface area contributed by atoms with Gasteiger partial charge in [-0.3, -0.25) is 4.72 Å². The van der Waals surface area contributed by atoms with Gasteiger partial charge >= 0.3 is 0 Å². The monoisotopic (exact) mass is 325 g/mol. The third kappa shape index (κ3) is 3.37. The predicted molar refractivity (Wildman–Crippen MR) is 84.1 cm³/mol. The lowest BCUT2D eigenvalue weighted by Gasteiger charge is -2.13. The van der Waals surface area contributed by atoms with Gasteiger partial charge in [-0.1, -0.05) is 23.7 Å². The molecule has 2 aromatic carbocycles. The third-order valence-corrected chi connectivity index (χ3v) is 5.08. The predicted octanol–water partition coefficient (Wildman–Crippen LogP) is 3.25. The summed E-state index contributed by atoms with van der Waals surface area (Å²) in [6.07, 6.45) is 0. The smallest absolute Gasteiger partial charge is 0.261 e. The van der Waals surface area contributed by atoms with Crippen molar-refractivity contribution in [1.82, 2.24) is 0 Å². The van der Waals surface area contributed by atoms with Gasteiger partial charge in [0.2, 0.25) is 0 Å². The molecule has 0 heterocycles. The standard InChI is InChI=1S/C15H16ClNO3S/c1-10-4-3-5-15(11(10)2)17-21(19,20)13-6-7-14(16)12(8-13)9-18/h3-8,17-18H,9H2,1-2H3. The maximum absolute atomic E-state index is 12.4. The van der Waals surface area contributed by atoms with Gasteiger partial charge in [-0.2, -0.15) is 0 Å². The van der Waals surface area contributed by atoms with Crippen molar-refractivity contribution in [2.45, 2.75) is 25.3 Å². The molecule has 4 nitrogen and oxygen atoms in total. The first-order valence-electron chi connectivity index (χ1n) is 6.33.